The Morgan fingerprint density at radius 3 is 2.54 bits per heavy atom. The highest BCUT2D eigenvalue weighted by molar-refractivity contribution is 14.0. The molecule has 1 aromatic rings. The highest BCUT2D eigenvalue weighted by atomic mass is 127. The molecule has 0 aliphatic carbocycles. The Labute approximate surface area is 161 Å². The summed E-state index contributed by atoms with van der Waals surface area (Å²) in [5.41, 5.74) is 1.39. The van der Waals surface area contributed by atoms with Gasteiger partial charge in [0.1, 0.15) is 0 Å². The zero-order valence-electron chi connectivity index (χ0n) is 14.3. The number of nitrogens with one attached hydrogen (secondary N) is 1. The molecular weight excluding hydrogens is 415 g/mol. The van der Waals surface area contributed by atoms with Gasteiger partial charge in [-0.1, -0.05) is 30.3 Å². The normalized spacial score (nSPS) is 20.9. The molecular formula is C18H27IN4O. The van der Waals surface area contributed by atoms with Gasteiger partial charge in [-0.05, 0) is 24.8 Å². The van der Waals surface area contributed by atoms with Crippen molar-refractivity contribution in [2.45, 2.75) is 25.2 Å². The van der Waals surface area contributed by atoms with Crippen LogP contribution in [0.3, 0.4) is 0 Å². The highest BCUT2D eigenvalue weighted by Gasteiger charge is 2.26. The fourth-order valence-corrected chi connectivity index (χ4v) is 3.52. The van der Waals surface area contributed by atoms with Crippen molar-refractivity contribution in [2.24, 2.45) is 4.99 Å². The summed E-state index contributed by atoms with van der Waals surface area (Å²) in [5, 5.41) is 3.24. The third-order valence-corrected chi connectivity index (χ3v) is 4.83. The van der Waals surface area contributed by atoms with Gasteiger partial charge in [0.05, 0.1) is 6.54 Å². The molecule has 2 aliphatic rings. The monoisotopic (exact) mass is 442 g/mol. The summed E-state index contributed by atoms with van der Waals surface area (Å²) in [7, 11) is 1.79. The summed E-state index contributed by atoms with van der Waals surface area (Å²) in [6.07, 6.45) is 3.39. The van der Waals surface area contributed by atoms with Crippen molar-refractivity contribution < 1.29 is 4.79 Å². The maximum Gasteiger partial charge on any atom is 0.241 e. The molecule has 0 aromatic heterocycles. The standard InChI is InChI=1S/C18H26N4O.HI/c1-19-18(20-13-17(23)21-10-5-6-11-21)22-12-9-16(14-22)15-7-3-2-4-8-15;/h2-4,7-8,16H,5-6,9-14H2,1H3,(H,19,20);1H. The molecule has 2 fully saturated rings. The molecule has 6 heteroatoms. The number of rotatable bonds is 3. The Morgan fingerprint density at radius 1 is 1.17 bits per heavy atom. The second kappa shape index (κ2) is 9.25. The second-order valence-corrected chi connectivity index (χ2v) is 6.33. The number of benzene rings is 1. The van der Waals surface area contributed by atoms with Crippen LogP contribution >= 0.6 is 24.0 Å². The van der Waals surface area contributed by atoms with Crippen LogP contribution in [0.5, 0.6) is 0 Å². The smallest absolute Gasteiger partial charge is 0.241 e. The van der Waals surface area contributed by atoms with Gasteiger partial charge in [0.15, 0.2) is 5.96 Å². The number of hydrogen-bond donors (Lipinski definition) is 1. The Hall–Kier alpha value is -1.31. The maximum absolute atomic E-state index is 12.2. The molecule has 3 rings (SSSR count). The number of guanidine groups is 1. The molecule has 1 aromatic carbocycles. The first kappa shape index (κ1) is 19.0. The first-order valence-corrected chi connectivity index (χ1v) is 8.56. The van der Waals surface area contributed by atoms with Gasteiger partial charge >= 0.3 is 0 Å². The van der Waals surface area contributed by atoms with Crippen LogP contribution in [-0.2, 0) is 4.79 Å². The molecule has 24 heavy (non-hydrogen) atoms. The lowest BCUT2D eigenvalue weighted by Crippen LogP contribution is -2.45. The minimum atomic E-state index is 0. The SMILES string of the molecule is CN=C(NCC(=O)N1CCCC1)N1CCC(c2ccccc2)C1.I. The van der Waals surface area contributed by atoms with E-state index in [4.69, 9.17) is 0 Å². The second-order valence-electron chi connectivity index (χ2n) is 6.33. The van der Waals surface area contributed by atoms with Gasteiger partial charge in [0.25, 0.3) is 0 Å². The topological polar surface area (TPSA) is 47.9 Å². The van der Waals surface area contributed by atoms with Gasteiger partial charge in [-0.2, -0.15) is 0 Å². The number of nitrogens with zero attached hydrogens (tertiary/aromatic N) is 3. The molecule has 1 unspecified atom stereocenters. The largest absolute Gasteiger partial charge is 0.347 e. The van der Waals surface area contributed by atoms with Crippen LogP contribution in [0.15, 0.2) is 35.3 Å². The van der Waals surface area contributed by atoms with Crippen LogP contribution in [0.2, 0.25) is 0 Å². The Balaban J connectivity index is 0.00000208. The number of amides is 1. The average Bonchev–Trinajstić information content (AvgIpc) is 3.28. The van der Waals surface area contributed by atoms with Gasteiger partial charge < -0.3 is 15.1 Å². The third kappa shape index (κ3) is 4.62. The van der Waals surface area contributed by atoms with Crippen molar-refractivity contribution in [1.82, 2.24) is 15.1 Å². The third-order valence-electron chi connectivity index (χ3n) is 4.83. The first-order valence-electron chi connectivity index (χ1n) is 8.56. The van der Waals surface area contributed by atoms with Crippen LogP contribution in [0.25, 0.3) is 0 Å². The molecule has 1 N–H and O–H groups in total. The van der Waals surface area contributed by atoms with E-state index in [1.165, 1.54) is 5.56 Å². The van der Waals surface area contributed by atoms with E-state index in [2.05, 4.69) is 45.5 Å². The summed E-state index contributed by atoms with van der Waals surface area (Å²) in [6, 6.07) is 10.6. The van der Waals surface area contributed by atoms with Crippen LogP contribution in [0.1, 0.15) is 30.7 Å². The number of aliphatic imine (C=N–C) groups is 1. The van der Waals surface area contributed by atoms with Crippen LogP contribution in [0, 0.1) is 0 Å². The zero-order valence-corrected chi connectivity index (χ0v) is 16.6. The molecule has 132 valence electrons. The molecule has 0 saturated carbocycles. The number of likely N-dealkylation sites (tertiary alicyclic amines) is 2. The summed E-state index contributed by atoms with van der Waals surface area (Å²) < 4.78 is 0. The highest BCUT2D eigenvalue weighted by Crippen LogP contribution is 2.26. The maximum atomic E-state index is 12.2. The quantitative estimate of drug-likeness (QED) is 0.444. The van der Waals surface area contributed by atoms with Crippen molar-refractivity contribution in [1.29, 1.82) is 0 Å². The summed E-state index contributed by atoms with van der Waals surface area (Å²) in [4.78, 5) is 20.7. The molecule has 1 amide bonds. The van der Waals surface area contributed by atoms with Crippen LogP contribution in [-0.4, -0.2) is 61.4 Å². The average molecular weight is 442 g/mol. The van der Waals surface area contributed by atoms with Gasteiger partial charge in [-0.25, -0.2) is 0 Å². The van der Waals surface area contributed by atoms with Crippen molar-refractivity contribution in [3.8, 4) is 0 Å². The van der Waals surface area contributed by atoms with Crippen molar-refractivity contribution >= 4 is 35.8 Å². The van der Waals surface area contributed by atoms with E-state index >= 15 is 0 Å². The fourth-order valence-electron chi connectivity index (χ4n) is 3.52. The van der Waals surface area contributed by atoms with Gasteiger partial charge in [-0.15, -0.1) is 24.0 Å². The summed E-state index contributed by atoms with van der Waals surface area (Å²) >= 11 is 0. The molecule has 2 saturated heterocycles. The summed E-state index contributed by atoms with van der Waals surface area (Å²) in [5.74, 6) is 1.57. The van der Waals surface area contributed by atoms with E-state index in [9.17, 15) is 4.79 Å². The lowest BCUT2D eigenvalue weighted by Gasteiger charge is -2.23. The Bertz CT molecular complexity index is 557. The van der Waals surface area contributed by atoms with E-state index < -0.39 is 0 Å². The van der Waals surface area contributed by atoms with E-state index in [1.54, 1.807) is 7.05 Å². The Kier molecular flexibility index (Phi) is 7.33. The molecule has 0 radical (unpaired) electrons. The van der Waals surface area contributed by atoms with Crippen LogP contribution in [0.4, 0.5) is 0 Å². The molecule has 1 atom stereocenters. The van der Waals surface area contributed by atoms with Gasteiger partial charge in [0.2, 0.25) is 5.91 Å². The van der Waals surface area contributed by atoms with Crippen molar-refractivity contribution in [2.75, 3.05) is 39.8 Å². The lowest BCUT2D eigenvalue weighted by atomic mass is 9.99. The summed E-state index contributed by atoms with van der Waals surface area (Å²) in [6.45, 7) is 4.09. The molecule has 0 bridgehead atoms. The minimum Gasteiger partial charge on any atom is -0.347 e. The van der Waals surface area contributed by atoms with Crippen LogP contribution < -0.4 is 5.32 Å². The first-order chi connectivity index (χ1) is 11.3. The minimum absolute atomic E-state index is 0. The van der Waals surface area contributed by atoms with Crippen molar-refractivity contribution in [3.63, 3.8) is 0 Å². The Morgan fingerprint density at radius 2 is 1.88 bits per heavy atom. The fraction of sp³-hybridized carbons (Fsp3) is 0.556. The molecule has 2 heterocycles. The molecule has 2 aliphatic heterocycles. The molecule has 0 spiro atoms. The van der Waals surface area contributed by atoms with Crippen molar-refractivity contribution in [3.05, 3.63) is 35.9 Å². The van der Waals surface area contributed by atoms with Gasteiger partial charge in [-0.3, -0.25) is 9.79 Å². The number of carbonyl (C=O) groups excluding carboxylic acids is 1. The van der Waals surface area contributed by atoms with Gasteiger partial charge in [0, 0.05) is 39.1 Å². The lowest BCUT2D eigenvalue weighted by molar-refractivity contribution is -0.128. The molecule has 5 nitrogen and oxygen atoms in total. The predicted octanol–water partition coefficient (Wildman–Crippen LogP) is 2.29. The zero-order chi connectivity index (χ0) is 16.1. The van der Waals surface area contributed by atoms with E-state index in [0.29, 0.717) is 12.5 Å². The van der Waals surface area contributed by atoms with E-state index in [0.717, 1.165) is 51.4 Å². The number of hydrogen-bond acceptors (Lipinski definition) is 2. The number of carbonyl (C=O) groups is 1. The number of halogens is 1. The van der Waals surface area contributed by atoms with E-state index in [1.807, 2.05) is 4.90 Å². The predicted molar refractivity (Wildman–Crippen MR) is 108 cm³/mol. The van der Waals surface area contributed by atoms with E-state index in [-0.39, 0.29) is 29.9 Å².